The first-order chi connectivity index (χ1) is 12.4. The van der Waals surface area contributed by atoms with Crippen LogP contribution in [-0.2, 0) is 20.7 Å². The van der Waals surface area contributed by atoms with Crippen molar-refractivity contribution in [3.05, 3.63) is 40.9 Å². The number of aromatic hydroxyl groups is 1. The number of hydrogen-bond donors (Lipinski definition) is 1. The predicted octanol–water partition coefficient (Wildman–Crippen LogP) is 4.53. The molecule has 26 heavy (non-hydrogen) atoms. The summed E-state index contributed by atoms with van der Waals surface area (Å²) in [7, 11) is 1.53. The molecule has 1 N–H and O–H groups in total. The highest BCUT2D eigenvalue weighted by Crippen LogP contribution is 2.36. The third-order valence-electron chi connectivity index (χ3n) is 5.39. The molecule has 1 aromatic carbocycles. The molecular formula is C21H29FO4. The fourth-order valence-electron chi connectivity index (χ4n) is 3.47. The number of carbonyl (C=O) groups excluding carboxylic acids is 1. The quantitative estimate of drug-likeness (QED) is 0.689. The summed E-state index contributed by atoms with van der Waals surface area (Å²) in [5.41, 5.74) is 1.01. The van der Waals surface area contributed by atoms with Crippen molar-refractivity contribution in [3.8, 4) is 5.75 Å². The molecule has 1 aliphatic carbocycles. The van der Waals surface area contributed by atoms with Gasteiger partial charge in [0.15, 0.2) is 12.6 Å². The second-order valence-electron chi connectivity index (χ2n) is 7.19. The summed E-state index contributed by atoms with van der Waals surface area (Å²) in [6.07, 6.45) is 4.34. The van der Waals surface area contributed by atoms with Gasteiger partial charge in [0.2, 0.25) is 0 Å². The smallest absolute Gasteiger partial charge is 0.188 e. The van der Waals surface area contributed by atoms with Crippen molar-refractivity contribution in [2.75, 3.05) is 13.9 Å². The lowest BCUT2D eigenvalue weighted by Crippen LogP contribution is -2.30. The molecule has 4 nitrogen and oxygen atoms in total. The first kappa shape index (κ1) is 20.4. The molecule has 0 aromatic heterocycles. The highest BCUT2D eigenvalue weighted by Gasteiger charge is 2.33. The number of ether oxygens (including phenoxy) is 2. The molecule has 0 radical (unpaired) electrons. The molecule has 2 rings (SSSR count). The Labute approximate surface area is 155 Å². The average Bonchev–Trinajstić information content (AvgIpc) is 2.62. The van der Waals surface area contributed by atoms with E-state index in [0.29, 0.717) is 42.1 Å². The van der Waals surface area contributed by atoms with E-state index in [9.17, 15) is 14.3 Å². The summed E-state index contributed by atoms with van der Waals surface area (Å²) in [4.78, 5) is 12.4. The Bertz CT molecular complexity index is 668. The summed E-state index contributed by atoms with van der Waals surface area (Å²) in [6, 6.07) is 2.85. The van der Waals surface area contributed by atoms with Gasteiger partial charge < -0.3 is 14.6 Å². The van der Waals surface area contributed by atoms with Crippen molar-refractivity contribution in [2.24, 2.45) is 17.8 Å². The highest BCUT2D eigenvalue weighted by molar-refractivity contribution is 5.93. The second kappa shape index (κ2) is 9.17. The molecule has 0 heterocycles. The van der Waals surface area contributed by atoms with Gasteiger partial charge in [-0.1, -0.05) is 20.3 Å². The standard InChI is InChI=1S/C21H29FO4/c1-5-13(2)17-9-16(21(11-20(17)24)26-12-25-4)7-6-15-10-19(23)14(3)8-18(15)22/h8,10-11,13,16-17,23H,5-7,9,12H2,1-4H3. The number of rotatable bonds is 8. The van der Waals surface area contributed by atoms with E-state index in [-0.39, 0.29) is 36.0 Å². The number of methoxy groups -OCH3 is 1. The monoisotopic (exact) mass is 364 g/mol. The van der Waals surface area contributed by atoms with Crippen LogP contribution in [0.25, 0.3) is 0 Å². The molecule has 0 aliphatic heterocycles. The third-order valence-corrected chi connectivity index (χ3v) is 5.39. The lowest BCUT2D eigenvalue weighted by atomic mass is 9.75. The number of allylic oxidation sites excluding steroid dienone is 2. The normalized spacial score (nSPS) is 21.4. The van der Waals surface area contributed by atoms with Crippen molar-refractivity contribution < 1.29 is 23.8 Å². The van der Waals surface area contributed by atoms with Gasteiger partial charge >= 0.3 is 0 Å². The summed E-state index contributed by atoms with van der Waals surface area (Å²) < 4.78 is 24.8. The molecule has 5 heteroatoms. The SMILES string of the molecule is CCC(C)C1CC(CCc2cc(O)c(C)cc2F)C(OCOC)=CC1=O. The Morgan fingerprint density at radius 2 is 2.12 bits per heavy atom. The molecule has 0 fully saturated rings. The number of benzene rings is 1. The Morgan fingerprint density at radius 3 is 2.77 bits per heavy atom. The minimum absolute atomic E-state index is 0.0313. The number of hydrogen-bond acceptors (Lipinski definition) is 4. The van der Waals surface area contributed by atoms with Crippen LogP contribution in [0.4, 0.5) is 4.39 Å². The minimum atomic E-state index is -0.311. The van der Waals surface area contributed by atoms with Gasteiger partial charge in [-0.3, -0.25) is 4.79 Å². The van der Waals surface area contributed by atoms with Crippen LogP contribution in [-0.4, -0.2) is 24.8 Å². The molecule has 0 amide bonds. The molecule has 1 aliphatic rings. The zero-order valence-corrected chi connectivity index (χ0v) is 16.0. The Balaban J connectivity index is 2.16. The van der Waals surface area contributed by atoms with E-state index in [1.807, 2.05) is 0 Å². The Hall–Kier alpha value is -1.88. The molecular weight excluding hydrogens is 335 g/mol. The van der Waals surface area contributed by atoms with Gasteiger partial charge in [0.25, 0.3) is 0 Å². The van der Waals surface area contributed by atoms with Crippen LogP contribution in [0.2, 0.25) is 0 Å². The number of phenols is 1. The molecule has 1 aromatic rings. The second-order valence-corrected chi connectivity index (χ2v) is 7.19. The van der Waals surface area contributed by atoms with E-state index in [4.69, 9.17) is 9.47 Å². The van der Waals surface area contributed by atoms with Gasteiger partial charge in [-0.05, 0) is 55.4 Å². The van der Waals surface area contributed by atoms with Gasteiger partial charge in [-0.25, -0.2) is 4.39 Å². The molecule has 0 saturated carbocycles. The molecule has 3 atom stereocenters. The molecule has 144 valence electrons. The summed E-state index contributed by atoms with van der Waals surface area (Å²) in [6.45, 7) is 5.93. The van der Waals surface area contributed by atoms with Crippen LogP contribution in [0.15, 0.2) is 24.0 Å². The zero-order valence-electron chi connectivity index (χ0n) is 16.0. The van der Waals surface area contributed by atoms with Crippen LogP contribution in [0, 0.1) is 30.5 Å². The average molecular weight is 364 g/mol. The number of carbonyl (C=O) groups is 1. The summed E-state index contributed by atoms with van der Waals surface area (Å²) in [5.74, 6) is 0.804. The van der Waals surface area contributed by atoms with Gasteiger partial charge in [-0.15, -0.1) is 0 Å². The van der Waals surface area contributed by atoms with Gasteiger partial charge in [0.1, 0.15) is 17.3 Å². The maximum absolute atomic E-state index is 14.2. The first-order valence-corrected chi connectivity index (χ1v) is 9.22. The van der Waals surface area contributed by atoms with Crippen molar-refractivity contribution in [2.45, 2.75) is 46.5 Å². The molecule has 3 unspecified atom stereocenters. The van der Waals surface area contributed by atoms with Crippen LogP contribution in [0.5, 0.6) is 5.75 Å². The highest BCUT2D eigenvalue weighted by atomic mass is 19.1. The van der Waals surface area contributed by atoms with E-state index in [0.717, 1.165) is 6.42 Å². The number of ketones is 1. The van der Waals surface area contributed by atoms with E-state index >= 15 is 0 Å². The molecule has 0 spiro atoms. The van der Waals surface area contributed by atoms with Crippen LogP contribution < -0.4 is 0 Å². The largest absolute Gasteiger partial charge is 0.508 e. The molecule has 0 saturated heterocycles. The van der Waals surface area contributed by atoms with Crippen molar-refractivity contribution in [1.82, 2.24) is 0 Å². The van der Waals surface area contributed by atoms with Crippen LogP contribution >= 0.6 is 0 Å². The van der Waals surface area contributed by atoms with Gasteiger partial charge in [0.05, 0.1) is 0 Å². The van der Waals surface area contributed by atoms with Crippen molar-refractivity contribution >= 4 is 5.78 Å². The van der Waals surface area contributed by atoms with E-state index < -0.39 is 0 Å². The predicted molar refractivity (Wildman–Crippen MR) is 98.2 cm³/mol. The lowest BCUT2D eigenvalue weighted by Gasteiger charge is -2.31. The zero-order chi connectivity index (χ0) is 19.3. The van der Waals surface area contributed by atoms with E-state index in [2.05, 4.69) is 13.8 Å². The Morgan fingerprint density at radius 1 is 1.38 bits per heavy atom. The third kappa shape index (κ3) is 4.85. The molecule has 0 bridgehead atoms. The topological polar surface area (TPSA) is 55.8 Å². The fourth-order valence-corrected chi connectivity index (χ4v) is 3.47. The minimum Gasteiger partial charge on any atom is -0.508 e. The van der Waals surface area contributed by atoms with Gasteiger partial charge in [0, 0.05) is 25.0 Å². The van der Waals surface area contributed by atoms with Crippen LogP contribution in [0.3, 0.4) is 0 Å². The van der Waals surface area contributed by atoms with Crippen LogP contribution in [0.1, 0.15) is 44.2 Å². The fraction of sp³-hybridized carbons (Fsp3) is 0.571. The number of halogens is 1. The van der Waals surface area contributed by atoms with Gasteiger partial charge in [-0.2, -0.15) is 0 Å². The maximum Gasteiger partial charge on any atom is 0.188 e. The summed E-state index contributed by atoms with van der Waals surface area (Å²) in [5, 5.41) is 9.85. The Kier molecular flexibility index (Phi) is 7.21. The van der Waals surface area contributed by atoms with E-state index in [1.54, 1.807) is 13.0 Å². The summed E-state index contributed by atoms with van der Waals surface area (Å²) >= 11 is 0. The maximum atomic E-state index is 14.2. The number of aryl methyl sites for hydroxylation is 2. The van der Waals surface area contributed by atoms with E-state index in [1.165, 1.54) is 19.2 Å². The first-order valence-electron chi connectivity index (χ1n) is 9.22. The van der Waals surface area contributed by atoms with Crippen molar-refractivity contribution in [3.63, 3.8) is 0 Å². The lowest BCUT2D eigenvalue weighted by molar-refractivity contribution is -0.122. The number of phenolic OH excluding ortho intramolecular Hbond substituents is 1. The van der Waals surface area contributed by atoms with Crippen molar-refractivity contribution in [1.29, 1.82) is 0 Å².